The van der Waals surface area contributed by atoms with Crippen molar-refractivity contribution >= 4 is 5.91 Å². The molecule has 0 aromatic carbocycles. The summed E-state index contributed by atoms with van der Waals surface area (Å²) in [6.07, 6.45) is 7.26. The topological polar surface area (TPSA) is 68.5 Å². The van der Waals surface area contributed by atoms with Crippen molar-refractivity contribution in [2.75, 3.05) is 26.3 Å². The lowest BCUT2D eigenvalue weighted by atomic mass is 9.96. The second-order valence-electron chi connectivity index (χ2n) is 6.05. The van der Waals surface area contributed by atoms with E-state index in [1.165, 1.54) is 18.1 Å². The average Bonchev–Trinajstić information content (AvgIpc) is 3.24. The first-order valence-corrected chi connectivity index (χ1v) is 8.05. The predicted molar refractivity (Wildman–Crippen MR) is 82.2 cm³/mol. The zero-order valence-electron chi connectivity index (χ0n) is 12.9. The standard InChI is InChI=1S/C17H19N3O3/c21-17(13-4-8-23-10-13)20-5-1-14-15(2-6-20)18-11-19-16(14)12-3-7-22-9-12/h4,8,10-12H,1-3,5-7,9H2/t12-/m0/s1. The lowest BCUT2D eigenvalue weighted by Gasteiger charge is -2.19. The van der Waals surface area contributed by atoms with Crippen molar-refractivity contribution in [2.45, 2.75) is 25.2 Å². The largest absolute Gasteiger partial charge is 0.472 e. The van der Waals surface area contributed by atoms with Crippen LogP contribution in [0, 0.1) is 0 Å². The number of amides is 1. The van der Waals surface area contributed by atoms with Crippen LogP contribution in [0.1, 0.15) is 39.6 Å². The average molecular weight is 313 g/mol. The normalized spacial score (nSPS) is 21.0. The van der Waals surface area contributed by atoms with E-state index < -0.39 is 0 Å². The SMILES string of the molecule is O=C(c1ccoc1)N1CCc2ncnc([C@H]3CCOC3)c2CC1. The molecule has 0 saturated carbocycles. The molecule has 1 fully saturated rings. The van der Waals surface area contributed by atoms with Crippen molar-refractivity contribution in [3.8, 4) is 0 Å². The molecule has 6 nitrogen and oxygen atoms in total. The number of hydrogen-bond acceptors (Lipinski definition) is 5. The fraction of sp³-hybridized carbons (Fsp3) is 0.471. The number of nitrogens with zero attached hydrogens (tertiary/aromatic N) is 3. The molecule has 1 amide bonds. The molecule has 0 radical (unpaired) electrons. The first-order valence-electron chi connectivity index (χ1n) is 8.05. The third-order valence-electron chi connectivity index (χ3n) is 4.69. The Labute approximate surface area is 134 Å². The van der Waals surface area contributed by atoms with Gasteiger partial charge in [0.2, 0.25) is 0 Å². The van der Waals surface area contributed by atoms with Gasteiger partial charge in [0.1, 0.15) is 12.6 Å². The third kappa shape index (κ3) is 2.74. The summed E-state index contributed by atoms with van der Waals surface area (Å²) in [7, 11) is 0. The van der Waals surface area contributed by atoms with Gasteiger partial charge in [-0.3, -0.25) is 4.79 Å². The number of ether oxygens (including phenoxy) is 1. The van der Waals surface area contributed by atoms with E-state index in [0.29, 0.717) is 24.6 Å². The van der Waals surface area contributed by atoms with Gasteiger partial charge in [0.25, 0.3) is 5.91 Å². The Morgan fingerprint density at radius 2 is 2.17 bits per heavy atom. The molecule has 0 spiro atoms. The van der Waals surface area contributed by atoms with Crippen LogP contribution in [-0.4, -0.2) is 47.1 Å². The smallest absolute Gasteiger partial charge is 0.257 e. The monoisotopic (exact) mass is 313 g/mol. The molecule has 0 unspecified atom stereocenters. The number of carbonyl (C=O) groups excluding carboxylic acids is 1. The maximum Gasteiger partial charge on any atom is 0.257 e. The van der Waals surface area contributed by atoms with Gasteiger partial charge < -0.3 is 14.1 Å². The highest BCUT2D eigenvalue weighted by atomic mass is 16.5. The molecule has 1 atom stereocenters. The second kappa shape index (κ2) is 6.12. The quantitative estimate of drug-likeness (QED) is 0.846. The van der Waals surface area contributed by atoms with E-state index in [2.05, 4.69) is 9.97 Å². The fourth-order valence-electron chi connectivity index (χ4n) is 3.43. The van der Waals surface area contributed by atoms with E-state index in [9.17, 15) is 4.79 Å². The molecule has 0 N–H and O–H groups in total. The van der Waals surface area contributed by atoms with Gasteiger partial charge in [0.15, 0.2) is 0 Å². The zero-order valence-corrected chi connectivity index (χ0v) is 12.9. The fourth-order valence-corrected chi connectivity index (χ4v) is 3.43. The molecule has 4 rings (SSSR count). The maximum absolute atomic E-state index is 12.5. The Morgan fingerprint density at radius 1 is 1.26 bits per heavy atom. The second-order valence-corrected chi connectivity index (χ2v) is 6.05. The molecule has 2 aromatic heterocycles. The van der Waals surface area contributed by atoms with Crippen LogP contribution in [-0.2, 0) is 17.6 Å². The van der Waals surface area contributed by atoms with E-state index in [4.69, 9.17) is 9.15 Å². The van der Waals surface area contributed by atoms with Gasteiger partial charge in [-0.15, -0.1) is 0 Å². The molecule has 1 saturated heterocycles. The van der Waals surface area contributed by atoms with Crippen molar-refractivity contribution in [2.24, 2.45) is 0 Å². The Bertz CT molecular complexity index is 693. The molecule has 120 valence electrons. The van der Waals surface area contributed by atoms with E-state index >= 15 is 0 Å². The van der Waals surface area contributed by atoms with Crippen LogP contribution in [0.5, 0.6) is 0 Å². The van der Waals surface area contributed by atoms with E-state index in [-0.39, 0.29) is 5.91 Å². The lowest BCUT2D eigenvalue weighted by molar-refractivity contribution is 0.0762. The number of hydrogen-bond donors (Lipinski definition) is 0. The minimum atomic E-state index is 0.0188. The third-order valence-corrected chi connectivity index (χ3v) is 4.69. The summed E-state index contributed by atoms with van der Waals surface area (Å²) < 4.78 is 10.5. The van der Waals surface area contributed by atoms with E-state index in [1.807, 2.05) is 4.90 Å². The van der Waals surface area contributed by atoms with Crippen LogP contribution in [0.3, 0.4) is 0 Å². The van der Waals surface area contributed by atoms with Gasteiger partial charge in [0, 0.05) is 37.7 Å². The van der Waals surface area contributed by atoms with Crippen LogP contribution in [0.25, 0.3) is 0 Å². The van der Waals surface area contributed by atoms with Gasteiger partial charge in [0.05, 0.1) is 24.1 Å². The van der Waals surface area contributed by atoms with Crippen LogP contribution >= 0.6 is 0 Å². The summed E-state index contributed by atoms with van der Waals surface area (Å²) in [5.74, 6) is 0.383. The van der Waals surface area contributed by atoms with Crippen LogP contribution in [0.2, 0.25) is 0 Å². The number of fused-ring (bicyclic) bond motifs is 1. The van der Waals surface area contributed by atoms with Gasteiger partial charge in [-0.05, 0) is 24.5 Å². The minimum absolute atomic E-state index is 0.0188. The molecule has 0 bridgehead atoms. The number of furan rings is 1. The molecule has 0 aliphatic carbocycles. The summed E-state index contributed by atoms with van der Waals surface area (Å²) in [6, 6.07) is 1.71. The number of carbonyl (C=O) groups is 1. The van der Waals surface area contributed by atoms with Crippen molar-refractivity contribution in [3.63, 3.8) is 0 Å². The number of aromatic nitrogens is 2. The molecular formula is C17H19N3O3. The predicted octanol–water partition coefficient (Wildman–Crippen LogP) is 1.81. The molecule has 23 heavy (non-hydrogen) atoms. The molecular weight excluding hydrogens is 294 g/mol. The van der Waals surface area contributed by atoms with Crippen molar-refractivity contribution in [1.29, 1.82) is 0 Å². The van der Waals surface area contributed by atoms with Crippen molar-refractivity contribution in [3.05, 3.63) is 47.4 Å². The summed E-state index contributed by atoms with van der Waals surface area (Å²) in [6.45, 7) is 2.90. The highest BCUT2D eigenvalue weighted by molar-refractivity contribution is 5.93. The molecule has 6 heteroatoms. The van der Waals surface area contributed by atoms with Crippen LogP contribution in [0.4, 0.5) is 0 Å². The Kier molecular flexibility index (Phi) is 3.83. The van der Waals surface area contributed by atoms with Gasteiger partial charge in [-0.2, -0.15) is 0 Å². The first-order chi connectivity index (χ1) is 11.3. The van der Waals surface area contributed by atoms with Crippen molar-refractivity contribution in [1.82, 2.24) is 14.9 Å². The van der Waals surface area contributed by atoms with Gasteiger partial charge in [-0.25, -0.2) is 9.97 Å². The summed E-state index contributed by atoms with van der Waals surface area (Å²) in [5.41, 5.74) is 4.01. The maximum atomic E-state index is 12.5. The van der Waals surface area contributed by atoms with Gasteiger partial charge in [-0.1, -0.05) is 0 Å². The highest BCUT2D eigenvalue weighted by Crippen LogP contribution is 2.29. The Morgan fingerprint density at radius 3 is 2.96 bits per heavy atom. The highest BCUT2D eigenvalue weighted by Gasteiger charge is 2.27. The van der Waals surface area contributed by atoms with Crippen LogP contribution < -0.4 is 0 Å². The Hall–Kier alpha value is -2.21. The molecule has 2 aliphatic rings. The van der Waals surface area contributed by atoms with Crippen LogP contribution in [0.15, 0.2) is 29.3 Å². The lowest BCUT2D eigenvalue weighted by Crippen LogP contribution is -2.33. The summed E-state index contributed by atoms with van der Waals surface area (Å²) in [4.78, 5) is 23.4. The summed E-state index contributed by atoms with van der Waals surface area (Å²) in [5, 5.41) is 0. The molecule has 2 aliphatic heterocycles. The van der Waals surface area contributed by atoms with E-state index in [0.717, 1.165) is 43.9 Å². The zero-order chi connectivity index (χ0) is 15.6. The van der Waals surface area contributed by atoms with Crippen molar-refractivity contribution < 1.29 is 13.9 Å². The first kappa shape index (κ1) is 14.4. The number of rotatable bonds is 2. The summed E-state index contributed by atoms with van der Waals surface area (Å²) >= 11 is 0. The Balaban J connectivity index is 1.56. The van der Waals surface area contributed by atoms with E-state index in [1.54, 1.807) is 12.4 Å². The molecule has 2 aromatic rings. The van der Waals surface area contributed by atoms with Gasteiger partial charge >= 0.3 is 0 Å². The molecule has 4 heterocycles. The minimum Gasteiger partial charge on any atom is -0.472 e.